The molecule has 0 amide bonds. The van der Waals surface area contributed by atoms with Gasteiger partial charge < -0.3 is 23.5 Å². The van der Waals surface area contributed by atoms with E-state index >= 15 is 0 Å². The molecule has 150 valence electrons. The van der Waals surface area contributed by atoms with E-state index in [9.17, 15) is 4.79 Å². The Hall–Kier alpha value is -2.80. The molecule has 7 nitrogen and oxygen atoms in total. The first-order valence-corrected chi connectivity index (χ1v) is 9.26. The minimum atomic E-state index is -0.395. The van der Waals surface area contributed by atoms with E-state index in [1.165, 1.54) is 6.08 Å². The second kappa shape index (κ2) is 9.41. The SMILES string of the molecule is COc1cc(C=CC(=O)OCC2CCCO2)ccc1OCc1c(C)noc1C. The summed E-state index contributed by atoms with van der Waals surface area (Å²) < 4.78 is 27.0. The maximum Gasteiger partial charge on any atom is 0.330 e. The fraction of sp³-hybridized carbons (Fsp3) is 0.429. The summed E-state index contributed by atoms with van der Waals surface area (Å²) in [6, 6.07) is 5.44. The van der Waals surface area contributed by atoms with Gasteiger partial charge in [0, 0.05) is 12.7 Å². The van der Waals surface area contributed by atoms with E-state index < -0.39 is 5.97 Å². The van der Waals surface area contributed by atoms with Gasteiger partial charge in [0.1, 0.15) is 19.0 Å². The number of ether oxygens (including phenoxy) is 4. The van der Waals surface area contributed by atoms with Gasteiger partial charge >= 0.3 is 5.97 Å². The number of benzene rings is 1. The molecule has 3 rings (SSSR count). The van der Waals surface area contributed by atoms with E-state index in [0.717, 1.165) is 42.0 Å². The number of carbonyl (C=O) groups is 1. The minimum absolute atomic E-state index is 0.0200. The van der Waals surface area contributed by atoms with Crippen LogP contribution in [0, 0.1) is 13.8 Å². The molecule has 1 aromatic heterocycles. The number of methoxy groups -OCH3 is 1. The molecule has 0 aliphatic carbocycles. The number of aromatic nitrogens is 1. The second-order valence-corrected chi connectivity index (χ2v) is 6.60. The Morgan fingerprint density at radius 2 is 2.18 bits per heavy atom. The zero-order valence-corrected chi connectivity index (χ0v) is 16.4. The molecule has 1 atom stereocenters. The fourth-order valence-electron chi connectivity index (χ4n) is 2.93. The molecular weight excluding hydrogens is 362 g/mol. The Kier molecular flexibility index (Phi) is 6.71. The third-order valence-corrected chi connectivity index (χ3v) is 4.59. The van der Waals surface area contributed by atoms with Gasteiger partial charge in [-0.2, -0.15) is 0 Å². The summed E-state index contributed by atoms with van der Waals surface area (Å²) in [6.07, 6.45) is 5.05. The van der Waals surface area contributed by atoms with E-state index in [4.69, 9.17) is 23.5 Å². The molecule has 1 fully saturated rings. The number of carbonyl (C=O) groups excluding carboxylic acids is 1. The molecule has 7 heteroatoms. The minimum Gasteiger partial charge on any atom is -0.493 e. The van der Waals surface area contributed by atoms with Crippen LogP contribution in [-0.2, 0) is 20.9 Å². The molecular formula is C21H25NO6. The molecule has 28 heavy (non-hydrogen) atoms. The Morgan fingerprint density at radius 1 is 1.32 bits per heavy atom. The molecule has 2 aromatic rings. The Bertz CT molecular complexity index is 816. The highest BCUT2D eigenvalue weighted by Crippen LogP contribution is 2.30. The molecule has 1 aliphatic heterocycles. The Labute approximate surface area is 164 Å². The topological polar surface area (TPSA) is 80.0 Å². The van der Waals surface area contributed by atoms with Gasteiger partial charge in [0.15, 0.2) is 11.5 Å². The number of aryl methyl sites for hydroxylation is 2. The van der Waals surface area contributed by atoms with Crippen molar-refractivity contribution in [3.05, 3.63) is 46.9 Å². The van der Waals surface area contributed by atoms with Gasteiger partial charge in [-0.15, -0.1) is 0 Å². The summed E-state index contributed by atoms with van der Waals surface area (Å²) in [5.41, 5.74) is 2.52. The summed E-state index contributed by atoms with van der Waals surface area (Å²) in [5, 5.41) is 3.92. The van der Waals surface area contributed by atoms with E-state index in [-0.39, 0.29) is 6.10 Å². The summed E-state index contributed by atoms with van der Waals surface area (Å²) in [5.74, 6) is 1.51. The smallest absolute Gasteiger partial charge is 0.330 e. The number of hydrogen-bond donors (Lipinski definition) is 0. The lowest BCUT2D eigenvalue weighted by molar-refractivity contribution is -0.140. The Morgan fingerprint density at radius 3 is 2.86 bits per heavy atom. The van der Waals surface area contributed by atoms with Crippen LogP contribution >= 0.6 is 0 Å². The molecule has 2 heterocycles. The molecule has 0 saturated carbocycles. The van der Waals surface area contributed by atoms with E-state index in [1.807, 2.05) is 19.9 Å². The molecule has 1 unspecified atom stereocenters. The van der Waals surface area contributed by atoms with Crippen LogP contribution in [0.1, 0.15) is 35.4 Å². The zero-order chi connectivity index (χ0) is 19.9. The quantitative estimate of drug-likeness (QED) is 0.505. The normalized spacial score (nSPS) is 16.5. The van der Waals surface area contributed by atoms with Crippen molar-refractivity contribution in [1.29, 1.82) is 0 Å². The summed E-state index contributed by atoms with van der Waals surface area (Å²) in [7, 11) is 1.57. The third-order valence-electron chi connectivity index (χ3n) is 4.59. The highest BCUT2D eigenvalue weighted by Gasteiger charge is 2.16. The Balaban J connectivity index is 1.58. The van der Waals surface area contributed by atoms with Crippen molar-refractivity contribution in [3.8, 4) is 11.5 Å². The molecule has 1 saturated heterocycles. The molecule has 0 bridgehead atoms. The van der Waals surface area contributed by atoms with Gasteiger partial charge in [0.2, 0.25) is 0 Å². The lowest BCUT2D eigenvalue weighted by Gasteiger charge is -2.11. The van der Waals surface area contributed by atoms with Crippen LogP contribution in [-0.4, -0.2) is 37.6 Å². The van der Waals surface area contributed by atoms with Gasteiger partial charge in [-0.05, 0) is 50.5 Å². The number of rotatable bonds is 8. The third kappa shape index (κ3) is 5.13. The molecule has 0 N–H and O–H groups in total. The maximum atomic E-state index is 11.9. The predicted molar refractivity (Wildman–Crippen MR) is 102 cm³/mol. The molecule has 0 radical (unpaired) electrons. The first-order chi connectivity index (χ1) is 13.6. The van der Waals surface area contributed by atoms with Crippen molar-refractivity contribution in [1.82, 2.24) is 5.16 Å². The molecule has 1 aromatic carbocycles. The average molecular weight is 387 g/mol. The van der Waals surface area contributed by atoms with Gasteiger partial charge in [-0.25, -0.2) is 4.79 Å². The van der Waals surface area contributed by atoms with Gasteiger partial charge in [0.25, 0.3) is 0 Å². The largest absolute Gasteiger partial charge is 0.493 e. The van der Waals surface area contributed by atoms with Crippen molar-refractivity contribution in [2.75, 3.05) is 20.3 Å². The van der Waals surface area contributed by atoms with Crippen LogP contribution in [0.3, 0.4) is 0 Å². The highest BCUT2D eigenvalue weighted by molar-refractivity contribution is 5.87. The van der Waals surface area contributed by atoms with Crippen LogP contribution in [0.5, 0.6) is 11.5 Å². The molecule has 0 spiro atoms. The first-order valence-electron chi connectivity index (χ1n) is 9.26. The first kappa shape index (κ1) is 19.9. The fourth-order valence-corrected chi connectivity index (χ4v) is 2.93. The summed E-state index contributed by atoms with van der Waals surface area (Å²) in [6.45, 7) is 5.09. The van der Waals surface area contributed by atoms with E-state index in [2.05, 4.69) is 5.16 Å². The van der Waals surface area contributed by atoms with Crippen LogP contribution < -0.4 is 9.47 Å². The van der Waals surface area contributed by atoms with Crippen molar-refractivity contribution in [2.45, 2.75) is 39.4 Å². The standard InChI is InChI=1S/C21H25NO6/c1-14-18(15(2)28-22-14)13-26-19-8-6-16(11-20(19)24-3)7-9-21(23)27-12-17-5-4-10-25-17/h6-9,11,17H,4-5,10,12-13H2,1-3H3. The van der Waals surface area contributed by atoms with Crippen LogP contribution in [0.25, 0.3) is 6.08 Å². The van der Waals surface area contributed by atoms with Crippen molar-refractivity contribution >= 4 is 12.0 Å². The van der Waals surface area contributed by atoms with E-state index in [0.29, 0.717) is 24.7 Å². The van der Waals surface area contributed by atoms with Crippen molar-refractivity contribution in [2.24, 2.45) is 0 Å². The molecule has 1 aliphatic rings. The van der Waals surface area contributed by atoms with Crippen LogP contribution in [0.2, 0.25) is 0 Å². The van der Waals surface area contributed by atoms with Gasteiger partial charge in [-0.3, -0.25) is 0 Å². The zero-order valence-electron chi connectivity index (χ0n) is 16.4. The number of esters is 1. The monoisotopic (exact) mass is 387 g/mol. The van der Waals surface area contributed by atoms with Crippen LogP contribution in [0.15, 0.2) is 28.8 Å². The predicted octanol–water partition coefficient (Wildman–Crippen LogP) is 3.61. The number of hydrogen-bond acceptors (Lipinski definition) is 7. The average Bonchev–Trinajstić information content (AvgIpc) is 3.33. The maximum absolute atomic E-state index is 11.9. The lowest BCUT2D eigenvalue weighted by atomic mass is 10.2. The summed E-state index contributed by atoms with van der Waals surface area (Å²) >= 11 is 0. The second-order valence-electron chi connectivity index (χ2n) is 6.60. The van der Waals surface area contributed by atoms with E-state index in [1.54, 1.807) is 25.3 Å². The summed E-state index contributed by atoms with van der Waals surface area (Å²) in [4.78, 5) is 11.9. The van der Waals surface area contributed by atoms with Crippen molar-refractivity contribution in [3.63, 3.8) is 0 Å². The lowest BCUT2D eigenvalue weighted by Crippen LogP contribution is -2.16. The van der Waals surface area contributed by atoms with Gasteiger partial charge in [-0.1, -0.05) is 11.2 Å². The van der Waals surface area contributed by atoms with Crippen LogP contribution in [0.4, 0.5) is 0 Å². The number of nitrogens with zero attached hydrogens (tertiary/aromatic N) is 1. The van der Waals surface area contributed by atoms with Crippen molar-refractivity contribution < 1.29 is 28.3 Å². The van der Waals surface area contributed by atoms with Gasteiger partial charge in [0.05, 0.1) is 24.5 Å². The highest BCUT2D eigenvalue weighted by atomic mass is 16.6.